The van der Waals surface area contributed by atoms with Crippen molar-refractivity contribution in [2.45, 2.75) is 39.2 Å². The van der Waals surface area contributed by atoms with Crippen LogP contribution in [0.2, 0.25) is 0 Å². The van der Waals surface area contributed by atoms with Crippen LogP contribution in [0.1, 0.15) is 48.6 Å². The van der Waals surface area contributed by atoms with Gasteiger partial charge in [-0.15, -0.1) is 0 Å². The van der Waals surface area contributed by atoms with E-state index >= 15 is 0 Å². The number of fused-ring (bicyclic) bond motifs is 1. The van der Waals surface area contributed by atoms with Gasteiger partial charge in [-0.05, 0) is 35.7 Å². The number of nitrogens with two attached hydrogens (primary N) is 1. The number of para-hydroxylation sites is 1. The van der Waals surface area contributed by atoms with E-state index in [4.69, 9.17) is 5.73 Å². The number of hydrogen-bond acceptors (Lipinski definition) is 1. The van der Waals surface area contributed by atoms with Crippen molar-refractivity contribution < 1.29 is 4.57 Å². The molecule has 3 aromatic carbocycles. The van der Waals surface area contributed by atoms with Crippen LogP contribution >= 0.6 is 0 Å². The van der Waals surface area contributed by atoms with Crippen LogP contribution in [0.3, 0.4) is 0 Å². The van der Waals surface area contributed by atoms with E-state index in [2.05, 4.69) is 96.4 Å². The highest BCUT2D eigenvalue weighted by Crippen LogP contribution is 2.22. The van der Waals surface area contributed by atoms with Crippen molar-refractivity contribution >= 4 is 28.7 Å². The lowest BCUT2D eigenvalue weighted by atomic mass is 10.0. The first-order chi connectivity index (χ1) is 15.2. The molecule has 0 amide bonds. The largest absolute Gasteiger partial charge is 0.399 e. The van der Waals surface area contributed by atoms with Crippen LogP contribution < -0.4 is 10.3 Å². The molecule has 0 atom stereocenters. The smallest absolute Gasteiger partial charge is 0.213 e. The Hall–Kier alpha value is -3.39. The van der Waals surface area contributed by atoms with Gasteiger partial charge in [0.2, 0.25) is 5.52 Å². The monoisotopic (exact) mass is 407 g/mol. The topological polar surface area (TPSA) is 29.9 Å². The van der Waals surface area contributed by atoms with E-state index in [0.717, 1.165) is 24.2 Å². The molecule has 156 valence electrons. The molecule has 0 saturated carbocycles. The maximum absolute atomic E-state index is 5.84. The summed E-state index contributed by atoms with van der Waals surface area (Å²) < 4.78 is 2.50. The number of nitrogens with zero attached hydrogens (tertiary/aromatic N) is 1. The average Bonchev–Trinajstić information content (AvgIpc) is 2.81. The minimum atomic E-state index is 0.794. The third-order valence-electron chi connectivity index (χ3n) is 5.79. The number of anilines is 1. The van der Waals surface area contributed by atoms with Gasteiger partial charge in [0.25, 0.3) is 0 Å². The second kappa shape index (κ2) is 10.1. The molecule has 2 nitrogen and oxygen atoms in total. The molecule has 1 aromatic heterocycles. The molecule has 2 heteroatoms. The number of nitrogen functional groups attached to an aromatic ring is 1. The highest BCUT2D eigenvalue weighted by Gasteiger charge is 2.18. The first kappa shape index (κ1) is 20.9. The lowest BCUT2D eigenvalue weighted by Gasteiger charge is -2.11. The van der Waals surface area contributed by atoms with Crippen molar-refractivity contribution in [2.75, 3.05) is 5.73 Å². The van der Waals surface area contributed by atoms with Crippen LogP contribution in [0.15, 0.2) is 84.9 Å². The van der Waals surface area contributed by atoms with Gasteiger partial charge in [0.05, 0.1) is 5.39 Å². The van der Waals surface area contributed by atoms with Crippen LogP contribution in [0.5, 0.6) is 0 Å². The maximum Gasteiger partial charge on any atom is 0.213 e. The molecule has 0 aliphatic carbocycles. The van der Waals surface area contributed by atoms with Crippen LogP contribution in [0, 0.1) is 0 Å². The van der Waals surface area contributed by atoms with Crippen molar-refractivity contribution in [3.63, 3.8) is 0 Å². The second-order valence-corrected chi connectivity index (χ2v) is 8.14. The minimum absolute atomic E-state index is 0.794. The molecule has 31 heavy (non-hydrogen) atoms. The molecule has 4 rings (SSSR count). The molecule has 0 spiro atoms. The Kier molecular flexibility index (Phi) is 6.78. The summed E-state index contributed by atoms with van der Waals surface area (Å²) in [7, 11) is 0. The van der Waals surface area contributed by atoms with E-state index in [9.17, 15) is 0 Å². The summed E-state index contributed by atoms with van der Waals surface area (Å²) >= 11 is 0. The molecule has 0 unspecified atom stereocenters. The van der Waals surface area contributed by atoms with Gasteiger partial charge in [-0.2, -0.15) is 4.57 Å². The van der Waals surface area contributed by atoms with E-state index in [0.29, 0.717) is 0 Å². The molecular formula is C29H31N2+. The summed E-state index contributed by atoms with van der Waals surface area (Å²) in [6.45, 7) is 3.16. The van der Waals surface area contributed by atoms with Crippen LogP contribution in [0.4, 0.5) is 5.69 Å². The van der Waals surface area contributed by atoms with Crippen molar-refractivity contribution in [3.05, 3.63) is 107 Å². The van der Waals surface area contributed by atoms with Gasteiger partial charge in [0.15, 0.2) is 12.2 Å². The summed E-state index contributed by atoms with van der Waals surface area (Å²) in [5.41, 5.74) is 13.1. The van der Waals surface area contributed by atoms with Crippen molar-refractivity contribution in [2.24, 2.45) is 0 Å². The summed E-state index contributed by atoms with van der Waals surface area (Å²) in [4.78, 5) is 0. The summed E-state index contributed by atoms with van der Waals surface area (Å²) in [6, 6.07) is 29.9. The third kappa shape index (κ3) is 5.21. The fourth-order valence-electron chi connectivity index (χ4n) is 4.09. The zero-order chi connectivity index (χ0) is 21.5. The number of aromatic nitrogens is 1. The van der Waals surface area contributed by atoms with E-state index in [1.165, 1.54) is 47.0 Å². The van der Waals surface area contributed by atoms with Crippen molar-refractivity contribution in [3.8, 4) is 0 Å². The normalized spacial score (nSPS) is 11.4. The Morgan fingerprint density at radius 3 is 2.32 bits per heavy atom. The summed E-state index contributed by atoms with van der Waals surface area (Å²) in [5.74, 6) is 0. The number of pyridine rings is 1. The molecule has 0 bridgehead atoms. The summed E-state index contributed by atoms with van der Waals surface area (Å²) in [5, 5.41) is 1.28. The fraction of sp³-hybridized carbons (Fsp3) is 0.207. The summed E-state index contributed by atoms with van der Waals surface area (Å²) in [6.07, 6.45) is 9.21. The Labute approximate surface area is 185 Å². The third-order valence-corrected chi connectivity index (χ3v) is 5.79. The molecule has 0 radical (unpaired) electrons. The molecule has 0 aliphatic heterocycles. The fourth-order valence-corrected chi connectivity index (χ4v) is 4.09. The SMILES string of the molecule is CCCCCc1cc(C=Cc2ccc(N)cc2)c2ccccc2[n+]1Cc1ccccc1. The van der Waals surface area contributed by atoms with Gasteiger partial charge in [-0.3, -0.25) is 0 Å². The number of rotatable bonds is 8. The highest BCUT2D eigenvalue weighted by molar-refractivity contribution is 5.89. The maximum atomic E-state index is 5.84. The van der Waals surface area contributed by atoms with Crippen LogP contribution in [-0.2, 0) is 13.0 Å². The predicted molar refractivity (Wildman–Crippen MR) is 133 cm³/mol. The first-order valence-electron chi connectivity index (χ1n) is 11.3. The number of hydrogen-bond donors (Lipinski definition) is 1. The van der Waals surface area contributed by atoms with E-state index < -0.39 is 0 Å². The van der Waals surface area contributed by atoms with Gasteiger partial charge in [0.1, 0.15) is 0 Å². The van der Waals surface area contributed by atoms with Gasteiger partial charge in [-0.25, -0.2) is 0 Å². The van der Waals surface area contributed by atoms with Gasteiger partial charge in [-0.1, -0.05) is 86.5 Å². The quantitative estimate of drug-likeness (QED) is 0.197. The Balaban J connectivity index is 1.79. The van der Waals surface area contributed by atoms with E-state index in [-0.39, 0.29) is 0 Å². The number of benzene rings is 3. The first-order valence-corrected chi connectivity index (χ1v) is 11.3. The Morgan fingerprint density at radius 2 is 1.55 bits per heavy atom. The molecule has 0 aliphatic rings. The number of unbranched alkanes of at least 4 members (excludes halogenated alkanes) is 2. The molecule has 4 aromatic rings. The zero-order valence-corrected chi connectivity index (χ0v) is 18.3. The predicted octanol–water partition coefficient (Wildman–Crippen LogP) is 6.66. The van der Waals surface area contributed by atoms with E-state index in [1.54, 1.807) is 0 Å². The lowest BCUT2D eigenvalue weighted by Crippen LogP contribution is -2.40. The average molecular weight is 408 g/mol. The molecule has 0 saturated heterocycles. The van der Waals surface area contributed by atoms with Crippen LogP contribution in [0.25, 0.3) is 23.1 Å². The molecule has 0 fully saturated rings. The van der Waals surface area contributed by atoms with Crippen molar-refractivity contribution in [1.29, 1.82) is 0 Å². The zero-order valence-electron chi connectivity index (χ0n) is 18.3. The van der Waals surface area contributed by atoms with E-state index in [1.807, 2.05) is 12.1 Å². The van der Waals surface area contributed by atoms with Crippen molar-refractivity contribution in [1.82, 2.24) is 0 Å². The Morgan fingerprint density at radius 1 is 0.806 bits per heavy atom. The highest BCUT2D eigenvalue weighted by atomic mass is 15.0. The van der Waals surface area contributed by atoms with Crippen LogP contribution in [-0.4, -0.2) is 0 Å². The van der Waals surface area contributed by atoms with Gasteiger partial charge < -0.3 is 5.73 Å². The Bertz CT molecular complexity index is 1160. The molecule has 2 N–H and O–H groups in total. The van der Waals surface area contributed by atoms with Gasteiger partial charge >= 0.3 is 0 Å². The number of aryl methyl sites for hydroxylation is 1. The molecular weight excluding hydrogens is 376 g/mol. The molecule has 1 heterocycles. The lowest BCUT2D eigenvalue weighted by molar-refractivity contribution is -0.670. The van der Waals surface area contributed by atoms with Gasteiger partial charge in [0, 0.05) is 29.8 Å². The minimum Gasteiger partial charge on any atom is -0.399 e. The second-order valence-electron chi connectivity index (χ2n) is 8.14. The standard InChI is InChI=1S/C29H30N2/c1-2-3-5-12-27-21-25(18-15-23-16-19-26(30)20-17-23)28-13-8-9-14-29(28)31(27)22-24-10-6-4-7-11-24/h4,6-11,13-21,30H,2-3,5,12,22H2,1H3/p+1.